The van der Waals surface area contributed by atoms with Crippen molar-refractivity contribution in [1.82, 2.24) is 19.7 Å². The number of anilines is 2. The van der Waals surface area contributed by atoms with Crippen molar-refractivity contribution in [3.63, 3.8) is 0 Å². The fourth-order valence-electron chi connectivity index (χ4n) is 2.41. The standard InChI is InChI=1S/C17H17F2N5S/c1-10-9-15(21-13-4-6-14(7-5-13)25-16(18)19)22-17(20-10)24-12(3)8-11(2)23-24/h4-9,16H,1-3H3,(H,20,21,22). The molecule has 0 amide bonds. The van der Waals surface area contributed by atoms with Crippen LogP contribution in [0.1, 0.15) is 17.1 Å². The minimum Gasteiger partial charge on any atom is -0.340 e. The first-order valence-electron chi connectivity index (χ1n) is 7.62. The molecule has 2 aromatic heterocycles. The highest BCUT2D eigenvalue weighted by atomic mass is 32.2. The number of rotatable bonds is 5. The Morgan fingerprint density at radius 1 is 1.00 bits per heavy atom. The van der Waals surface area contributed by atoms with Crippen LogP contribution in [0.25, 0.3) is 5.95 Å². The van der Waals surface area contributed by atoms with E-state index < -0.39 is 5.76 Å². The summed E-state index contributed by atoms with van der Waals surface area (Å²) in [4.78, 5) is 9.44. The van der Waals surface area contributed by atoms with Gasteiger partial charge in [0.25, 0.3) is 11.7 Å². The first-order chi connectivity index (χ1) is 11.9. The number of aromatic nitrogens is 4. The van der Waals surface area contributed by atoms with Crippen LogP contribution < -0.4 is 5.32 Å². The highest BCUT2D eigenvalue weighted by molar-refractivity contribution is 7.99. The fraction of sp³-hybridized carbons (Fsp3) is 0.235. The number of hydrogen-bond donors (Lipinski definition) is 1. The molecule has 3 rings (SSSR count). The summed E-state index contributed by atoms with van der Waals surface area (Å²) in [6.07, 6.45) is 0. The van der Waals surface area contributed by atoms with E-state index in [0.717, 1.165) is 22.8 Å². The van der Waals surface area contributed by atoms with Crippen LogP contribution in [0.3, 0.4) is 0 Å². The molecular weight excluding hydrogens is 344 g/mol. The number of aryl methyl sites for hydroxylation is 3. The Morgan fingerprint density at radius 2 is 1.72 bits per heavy atom. The van der Waals surface area contributed by atoms with Gasteiger partial charge in [0, 0.05) is 28.0 Å². The number of alkyl halides is 2. The zero-order chi connectivity index (χ0) is 18.0. The summed E-state index contributed by atoms with van der Waals surface area (Å²) in [5.41, 5.74) is 3.40. The summed E-state index contributed by atoms with van der Waals surface area (Å²) >= 11 is 0.521. The van der Waals surface area contributed by atoms with Gasteiger partial charge in [0.1, 0.15) is 5.82 Å². The number of nitrogens with one attached hydrogen (secondary N) is 1. The second-order valence-corrected chi connectivity index (χ2v) is 6.62. The Morgan fingerprint density at radius 3 is 2.32 bits per heavy atom. The van der Waals surface area contributed by atoms with E-state index >= 15 is 0 Å². The maximum absolute atomic E-state index is 12.4. The number of thioether (sulfide) groups is 1. The van der Waals surface area contributed by atoms with Crippen molar-refractivity contribution in [3.8, 4) is 5.95 Å². The molecule has 130 valence electrons. The van der Waals surface area contributed by atoms with Gasteiger partial charge in [-0.15, -0.1) is 0 Å². The molecule has 25 heavy (non-hydrogen) atoms. The largest absolute Gasteiger partial charge is 0.340 e. The van der Waals surface area contributed by atoms with Crippen molar-refractivity contribution in [1.29, 1.82) is 0 Å². The molecule has 0 radical (unpaired) electrons. The molecule has 0 saturated carbocycles. The summed E-state index contributed by atoms with van der Waals surface area (Å²) in [7, 11) is 0. The Kier molecular flexibility index (Phi) is 4.98. The zero-order valence-corrected chi connectivity index (χ0v) is 14.8. The summed E-state index contributed by atoms with van der Waals surface area (Å²) < 4.78 is 26.4. The van der Waals surface area contributed by atoms with Gasteiger partial charge in [-0.1, -0.05) is 11.8 Å². The van der Waals surface area contributed by atoms with Gasteiger partial charge < -0.3 is 5.32 Å². The van der Waals surface area contributed by atoms with Crippen molar-refractivity contribution in [2.45, 2.75) is 31.4 Å². The highest BCUT2D eigenvalue weighted by Crippen LogP contribution is 2.27. The van der Waals surface area contributed by atoms with E-state index in [1.807, 2.05) is 32.9 Å². The fourth-order valence-corrected chi connectivity index (χ4v) is 2.91. The predicted octanol–water partition coefficient (Wildman–Crippen LogP) is 4.65. The van der Waals surface area contributed by atoms with Crippen LogP contribution in [0.4, 0.5) is 20.3 Å². The first-order valence-corrected chi connectivity index (χ1v) is 8.50. The normalized spacial score (nSPS) is 11.1. The molecule has 0 aliphatic rings. The average molecular weight is 361 g/mol. The van der Waals surface area contributed by atoms with Crippen LogP contribution in [-0.2, 0) is 0 Å². The molecule has 0 fully saturated rings. The van der Waals surface area contributed by atoms with Gasteiger partial charge in [0.05, 0.1) is 5.69 Å². The monoisotopic (exact) mass is 361 g/mol. The number of benzene rings is 1. The Labute approximate surface area is 148 Å². The lowest BCUT2D eigenvalue weighted by Gasteiger charge is -2.10. The highest BCUT2D eigenvalue weighted by Gasteiger charge is 2.10. The van der Waals surface area contributed by atoms with Crippen LogP contribution in [0, 0.1) is 20.8 Å². The van der Waals surface area contributed by atoms with Gasteiger partial charge in [-0.25, -0.2) is 9.67 Å². The lowest BCUT2D eigenvalue weighted by atomic mass is 10.3. The number of nitrogens with zero attached hydrogens (tertiary/aromatic N) is 4. The number of halogens is 2. The summed E-state index contributed by atoms with van der Waals surface area (Å²) in [6.45, 7) is 5.74. The van der Waals surface area contributed by atoms with Crippen molar-refractivity contribution in [2.24, 2.45) is 0 Å². The average Bonchev–Trinajstić information content (AvgIpc) is 2.87. The summed E-state index contributed by atoms with van der Waals surface area (Å²) in [6, 6.07) is 10.6. The maximum atomic E-state index is 12.4. The molecule has 3 aromatic rings. The minimum absolute atomic E-state index is 0.484. The maximum Gasteiger partial charge on any atom is 0.288 e. The van der Waals surface area contributed by atoms with E-state index in [-0.39, 0.29) is 0 Å². The van der Waals surface area contributed by atoms with E-state index in [1.54, 1.807) is 28.9 Å². The first kappa shape index (κ1) is 17.3. The van der Waals surface area contributed by atoms with Crippen molar-refractivity contribution < 1.29 is 8.78 Å². The van der Waals surface area contributed by atoms with Crippen molar-refractivity contribution in [3.05, 3.63) is 53.5 Å². The van der Waals surface area contributed by atoms with Gasteiger partial charge in [0.2, 0.25) is 0 Å². The van der Waals surface area contributed by atoms with E-state index in [4.69, 9.17) is 0 Å². The van der Waals surface area contributed by atoms with Gasteiger partial charge in [-0.05, 0) is 51.1 Å². The lowest BCUT2D eigenvalue weighted by Crippen LogP contribution is -2.08. The third kappa shape index (κ3) is 4.33. The SMILES string of the molecule is Cc1cc(Nc2ccc(SC(F)F)cc2)nc(-n2nc(C)cc2C)n1. The second kappa shape index (κ2) is 7.18. The topological polar surface area (TPSA) is 55.6 Å². The molecule has 0 unspecified atom stereocenters. The third-order valence-electron chi connectivity index (χ3n) is 3.39. The van der Waals surface area contributed by atoms with Crippen LogP contribution in [-0.4, -0.2) is 25.5 Å². The minimum atomic E-state index is -2.42. The molecule has 0 bridgehead atoms. The van der Waals surface area contributed by atoms with Crippen LogP contribution in [0.5, 0.6) is 0 Å². The van der Waals surface area contributed by atoms with Crippen LogP contribution in [0.2, 0.25) is 0 Å². The van der Waals surface area contributed by atoms with E-state index in [0.29, 0.717) is 28.4 Å². The Balaban J connectivity index is 1.84. The molecule has 0 saturated heterocycles. The van der Waals surface area contributed by atoms with E-state index in [9.17, 15) is 8.78 Å². The molecule has 0 aliphatic heterocycles. The molecule has 0 atom stereocenters. The van der Waals surface area contributed by atoms with Crippen LogP contribution in [0.15, 0.2) is 41.3 Å². The molecule has 8 heteroatoms. The molecule has 0 aliphatic carbocycles. The number of hydrogen-bond acceptors (Lipinski definition) is 5. The molecule has 1 N–H and O–H groups in total. The smallest absolute Gasteiger partial charge is 0.288 e. The molecule has 2 heterocycles. The molecule has 1 aromatic carbocycles. The third-order valence-corrected chi connectivity index (χ3v) is 4.12. The molecule has 0 spiro atoms. The Bertz CT molecular complexity index is 877. The van der Waals surface area contributed by atoms with E-state index in [1.165, 1.54) is 0 Å². The van der Waals surface area contributed by atoms with Gasteiger partial charge in [-0.2, -0.15) is 18.9 Å². The summed E-state index contributed by atoms with van der Waals surface area (Å²) in [5, 5.41) is 7.57. The molecular formula is C17H17F2N5S. The predicted molar refractivity (Wildman–Crippen MR) is 95.0 cm³/mol. The lowest BCUT2D eigenvalue weighted by molar-refractivity contribution is 0.252. The second-order valence-electron chi connectivity index (χ2n) is 5.56. The van der Waals surface area contributed by atoms with E-state index in [2.05, 4.69) is 20.4 Å². The zero-order valence-electron chi connectivity index (χ0n) is 14.0. The van der Waals surface area contributed by atoms with Gasteiger partial charge in [-0.3, -0.25) is 0 Å². The van der Waals surface area contributed by atoms with Crippen LogP contribution >= 0.6 is 11.8 Å². The van der Waals surface area contributed by atoms with Crippen molar-refractivity contribution in [2.75, 3.05) is 5.32 Å². The molecule has 5 nitrogen and oxygen atoms in total. The van der Waals surface area contributed by atoms with Gasteiger partial charge in [0.15, 0.2) is 0 Å². The Hall–Kier alpha value is -2.48. The quantitative estimate of drug-likeness (QED) is 0.671. The van der Waals surface area contributed by atoms with Gasteiger partial charge >= 0.3 is 0 Å². The summed E-state index contributed by atoms with van der Waals surface area (Å²) in [5.74, 6) is -1.33. The van der Waals surface area contributed by atoms with Crippen molar-refractivity contribution >= 4 is 23.3 Å².